The van der Waals surface area contributed by atoms with Gasteiger partial charge in [0.05, 0.1) is 17.3 Å². The number of thioether (sulfide) groups is 1. The number of aromatic nitrogens is 3. The fourth-order valence-electron chi connectivity index (χ4n) is 4.13. The Kier molecular flexibility index (Phi) is 6.28. The van der Waals surface area contributed by atoms with E-state index in [1.165, 1.54) is 23.1 Å². The number of carbonyl (C=O) groups excluding carboxylic acids is 2. The van der Waals surface area contributed by atoms with Crippen molar-refractivity contribution in [3.63, 3.8) is 0 Å². The summed E-state index contributed by atoms with van der Waals surface area (Å²) in [6.45, 7) is 5.63. The van der Waals surface area contributed by atoms with Gasteiger partial charge < -0.3 is 4.57 Å². The lowest BCUT2D eigenvalue weighted by Crippen LogP contribution is -2.32. The van der Waals surface area contributed by atoms with E-state index < -0.39 is 9.84 Å². The molecule has 1 unspecified atom stereocenters. The Hall–Kier alpha value is -1.72. The molecule has 0 bridgehead atoms. The summed E-state index contributed by atoms with van der Waals surface area (Å²) in [7, 11) is -3.00. The van der Waals surface area contributed by atoms with Crippen LogP contribution in [0.2, 0.25) is 0 Å². The van der Waals surface area contributed by atoms with Crippen LogP contribution in [-0.2, 0) is 14.6 Å². The molecule has 2 aromatic heterocycles. The highest BCUT2D eigenvalue weighted by Gasteiger charge is 2.35. The topological polar surface area (TPSA) is 102 Å². The molecule has 1 aliphatic heterocycles. The second-order valence-corrected chi connectivity index (χ2v) is 12.5. The van der Waals surface area contributed by atoms with Crippen LogP contribution < -0.4 is 4.90 Å². The van der Waals surface area contributed by atoms with Gasteiger partial charge in [0.1, 0.15) is 0 Å². The molecule has 2 aliphatic rings. The monoisotopic (exact) mass is 482 g/mol. The first-order valence-electron chi connectivity index (χ1n) is 10.4. The number of hydrogen-bond donors (Lipinski definition) is 0. The van der Waals surface area contributed by atoms with Gasteiger partial charge in [-0.1, -0.05) is 30.0 Å². The van der Waals surface area contributed by atoms with E-state index in [1.54, 1.807) is 4.90 Å². The summed E-state index contributed by atoms with van der Waals surface area (Å²) in [5, 5.41) is 8.95. The van der Waals surface area contributed by atoms with Gasteiger partial charge in [0.2, 0.25) is 11.0 Å². The molecule has 3 heterocycles. The van der Waals surface area contributed by atoms with Crippen molar-refractivity contribution in [3.05, 3.63) is 23.0 Å². The highest BCUT2D eigenvalue weighted by molar-refractivity contribution is 8.01. The van der Waals surface area contributed by atoms with Crippen LogP contribution >= 0.6 is 23.1 Å². The van der Waals surface area contributed by atoms with E-state index in [0.717, 1.165) is 24.2 Å². The zero-order valence-corrected chi connectivity index (χ0v) is 20.3. The van der Waals surface area contributed by atoms with Gasteiger partial charge in [0, 0.05) is 35.5 Å². The van der Waals surface area contributed by atoms with E-state index in [2.05, 4.69) is 10.2 Å². The number of amides is 1. The molecule has 2 aromatic rings. The standard InChI is InChI=1S/C20H26N4O4S3/c1-4-18(26)24(14-5-6-14)19-21-22-20(30-19)29-10-17(25)16-9-12(2)23(13(16)3)15-7-8-31(27,28)11-15/h9,14-15H,4-8,10-11H2,1-3H3. The van der Waals surface area contributed by atoms with E-state index in [4.69, 9.17) is 0 Å². The largest absolute Gasteiger partial charge is 0.344 e. The maximum atomic E-state index is 12.9. The third-order valence-electron chi connectivity index (χ3n) is 5.77. The van der Waals surface area contributed by atoms with Crippen LogP contribution in [0.5, 0.6) is 0 Å². The van der Waals surface area contributed by atoms with Gasteiger partial charge in [-0.05, 0) is 39.2 Å². The average molecular weight is 483 g/mol. The number of Topliss-reactive ketones (excluding diaryl/α,β-unsaturated/α-hetero) is 1. The van der Waals surface area contributed by atoms with Crippen molar-refractivity contribution in [1.82, 2.24) is 14.8 Å². The van der Waals surface area contributed by atoms with E-state index in [1.807, 2.05) is 31.4 Å². The molecule has 1 amide bonds. The molecule has 2 fully saturated rings. The summed E-state index contributed by atoms with van der Waals surface area (Å²) in [5.74, 6) is 0.574. The molecule has 1 aliphatic carbocycles. The van der Waals surface area contributed by atoms with Gasteiger partial charge in [-0.3, -0.25) is 14.5 Å². The predicted octanol–water partition coefficient (Wildman–Crippen LogP) is 3.20. The van der Waals surface area contributed by atoms with Gasteiger partial charge in [0.15, 0.2) is 20.0 Å². The van der Waals surface area contributed by atoms with Crippen molar-refractivity contribution < 1.29 is 18.0 Å². The number of anilines is 1. The average Bonchev–Trinajstić information content (AvgIpc) is 3.21. The minimum Gasteiger partial charge on any atom is -0.344 e. The van der Waals surface area contributed by atoms with Gasteiger partial charge >= 0.3 is 0 Å². The Labute approximate surface area is 190 Å². The summed E-state index contributed by atoms with van der Waals surface area (Å²) in [6, 6.07) is 1.97. The summed E-state index contributed by atoms with van der Waals surface area (Å²) in [6.07, 6.45) is 2.99. The van der Waals surface area contributed by atoms with Crippen molar-refractivity contribution in [2.45, 2.75) is 62.9 Å². The Morgan fingerprint density at radius 2 is 2.00 bits per heavy atom. The van der Waals surface area contributed by atoms with E-state index in [9.17, 15) is 18.0 Å². The smallest absolute Gasteiger partial charge is 0.228 e. The SMILES string of the molecule is CCC(=O)N(c1nnc(SCC(=O)c2cc(C)n(C3CCS(=O)(=O)C3)c2C)s1)C1CC1. The van der Waals surface area contributed by atoms with Gasteiger partial charge in [0.25, 0.3) is 0 Å². The summed E-state index contributed by atoms with van der Waals surface area (Å²) in [5.41, 5.74) is 2.35. The molecule has 11 heteroatoms. The molecule has 0 aromatic carbocycles. The quantitative estimate of drug-likeness (QED) is 0.323. The summed E-state index contributed by atoms with van der Waals surface area (Å²) in [4.78, 5) is 26.9. The molecular formula is C20H26N4O4S3. The van der Waals surface area contributed by atoms with E-state index in [0.29, 0.717) is 27.9 Å². The lowest BCUT2D eigenvalue weighted by Gasteiger charge is -2.17. The normalized spacial score (nSPS) is 20.2. The molecular weight excluding hydrogens is 456 g/mol. The van der Waals surface area contributed by atoms with E-state index in [-0.39, 0.29) is 41.0 Å². The minimum atomic E-state index is -3.00. The van der Waals surface area contributed by atoms with Crippen molar-refractivity contribution in [1.29, 1.82) is 0 Å². The number of nitrogens with zero attached hydrogens (tertiary/aromatic N) is 4. The summed E-state index contributed by atoms with van der Waals surface area (Å²) < 4.78 is 26.4. The van der Waals surface area contributed by atoms with Gasteiger partial charge in [-0.15, -0.1) is 10.2 Å². The first kappa shape index (κ1) is 22.5. The first-order chi connectivity index (χ1) is 14.7. The van der Waals surface area contributed by atoms with Crippen molar-refractivity contribution in [2.24, 2.45) is 0 Å². The molecule has 0 spiro atoms. The molecule has 1 atom stereocenters. The number of hydrogen-bond acceptors (Lipinski definition) is 8. The second kappa shape index (κ2) is 8.67. The zero-order chi connectivity index (χ0) is 22.3. The molecule has 168 valence electrons. The van der Waals surface area contributed by atoms with Gasteiger partial charge in [-0.25, -0.2) is 8.42 Å². The lowest BCUT2D eigenvalue weighted by molar-refractivity contribution is -0.118. The molecule has 8 nitrogen and oxygen atoms in total. The van der Waals surface area contributed by atoms with Crippen LogP contribution in [0.15, 0.2) is 10.4 Å². The molecule has 1 saturated heterocycles. The molecule has 4 rings (SSSR count). The molecule has 1 saturated carbocycles. The maximum absolute atomic E-state index is 12.9. The van der Waals surface area contributed by atoms with Crippen LogP contribution in [0.4, 0.5) is 5.13 Å². The fourth-order valence-corrected chi connectivity index (χ4v) is 7.65. The Bertz CT molecular complexity index is 1120. The highest BCUT2D eigenvalue weighted by Crippen LogP contribution is 2.36. The fraction of sp³-hybridized carbons (Fsp3) is 0.600. The Morgan fingerprint density at radius 3 is 2.61 bits per heavy atom. The summed E-state index contributed by atoms with van der Waals surface area (Å²) >= 11 is 2.67. The van der Waals surface area contributed by atoms with Crippen LogP contribution in [0, 0.1) is 13.8 Å². The van der Waals surface area contributed by atoms with Crippen molar-refractivity contribution in [2.75, 3.05) is 22.2 Å². The first-order valence-corrected chi connectivity index (χ1v) is 14.0. The number of aryl methyl sites for hydroxylation is 1. The number of sulfone groups is 1. The number of rotatable bonds is 8. The Balaban J connectivity index is 1.44. The lowest BCUT2D eigenvalue weighted by atomic mass is 10.2. The zero-order valence-electron chi connectivity index (χ0n) is 17.8. The van der Waals surface area contributed by atoms with Crippen molar-refractivity contribution in [3.8, 4) is 0 Å². The van der Waals surface area contributed by atoms with Crippen LogP contribution in [0.25, 0.3) is 0 Å². The van der Waals surface area contributed by atoms with Crippen LogP contribution in [0.3, 0.4) is 0 Å². The second-order valence-electron chi connectivity index (χ2n) is 8.12. The molecule has 0 N–H and O–H groups in total. The number of ketones is 1. The molecule has 31 heavy (non-hydrogen) atoms. The highest BCUT2D eigenvalue weighted by atomic mass is 32.2. The third kappa shape index (κ3) is 4.73. The maximum Gasteiger partial charge on any atom is 0.228 e. The van der Waals surface area contributed by atoms with Crippen LogP contribution in [-0.4, -0.2) is 58.2 Å². The van der Waals surface area contributed by atoms with E-state index >= 15 is 0 Å². The molecule has 0 radical (unpaired) electrons. The number of carbonyl (C=O) groups is 2. The Morgan fingerprint density at radius 1 is 1.26 bits per heavy atom. The predicted molar refractivity (Wildman–Crippen MR) is 122 cm³/mol. The van der Waals surface area contributed by atoms with Crippen molar-refractivity contribution >= 4 is 49.8 Å². The van der Waals surface area contributed by atoms with Gasteiger partial charge in [-0.2, -0.15) is 0 Å². The van der Waals surface area contributed by atoms with Crippen LogP contribution in [0.1, 0.15) is 60.4 Å². The minimum absolute atomic E-state index is 0.0226. The third-order valence-corrected chi connectivity index (χ3v) is 9.58.